The van der Waals surface area contributed by atoms with Gasteiger partial charge in [-0.1, -0.05) is 48.5 Å². The fourth-order valence-electron chi connectivity index (χ4n) is 2.39. The van der Waals surface area contributed by atoms with Gasteiger partial charge in [0.1, 0.15) is 0 Å². The SMILES string of the molecule is Cc1ccc(N)cc1-c1cccc2ccccc12. The van der Waals surface area contributed by atoms with E-state index in [1.165, 1.54) is 27.5 Å². The molecule has 3 aromatic carbocycles. The summed E-state index contributed by atoms with van der Waals surface area (Å²) in [5, 5.41) is 2.53. The molecule has 0 atom stereocenters. The number of anilines is 1. The molecule has 0 saturated heterocycles. The number of aryl methyl sites for hydroxylation is 1. The highest BCUT2D eigenvalue weighted by molar-refractivity contribution is 5.97. The smallest absolute Gasteiger partial charge is 0.0320 e. The van der Waals surface area contributed by atoms with Crippen LogP contribution in [0.5, 0.6) is 0 Å². The Morgan fingerprint density at radius 2 is 1.56 bits per heavy atom. The summed E-state index contributed by atoms with van der Waals surface area (Å²) in [6.45, 7) is 2.12. The second kappa shape index (κ2) is 4.19. The molecule has 1 heteroatoms. The third kappa shape index (κ3) is 1.74. The summed E-state index contributed by atoms with van der Waals surface area (Å²) in [5.74, 6) is 0. The lowest BCUT2D eigenvalue weighted by atomic mass is 9.95. The predicted octanol–water partition coefficient (Wildman–Crippen LogP) is 4.40. The van der Waals surface area contributed by atoms with Crippen LogP contribution in [0.25, 0.3) is 21.9 Å². The van der Waals surface area contributed by atoms with Crippen LogP contribution in [0.15, 0.2) is 60.7 Å². The average molecular weight is 233 g/mol. The molecule has 0 fully saturated rings. The minimum atomic E-state index is 0.809. The van der Waals surface area contributed by atoms with Gasteiger partial charge < -0.3 is 5.73 Å². The van der Waals surface area contributed by atoms with Crippen molar-refractivity contribution in [2.24, 2.45) is 0 Å². The van der Waals surface area contributed by atoms with Gasteiger partial charge in [0.25, 0.3) is 0 Å². The molecule has 0 spiro atoms. The van der Waals surface area contributed by atoms with Gasteiger partial charge in [0.05, 0.1) is 0 Å². The predicted molar refractivity (Wildman–Crippen MR) is 78.5 cm³/mol. The maximum Gasteiger partial charge on any atom is 0.0320 e. The molecule has 88 valence electrons. The Morgan fingerprint density at radius 3 is 2.44 bits per heavy atom. The minimum Gasteiger partial charge on any atom is -0.399 e. The number of benzene rings is 3. The highest BCUT2D eigenvalue weighted by atomic mass is 14.5. The molecule has 3 rings (SSSR count). The first-order valence-electron chi connectivity index (χ1n) is 6.10. The summed E-state index contributed by atoms with van der Waals surface area (Å²) in [5.41, 5.74) is 10.4. The van der Waals surface area contributed by atoms with Crippen molar-refractivity contribution in [2.45, 2.75) is 6.92 Å². The van der Waals surface area contributed by atoms with Gasteiger partial charge in [0.15, 0.2) is 0 Å². The highest BCUT2D eigenvalue weighted by Crippen LogP contribution is 2.31. The lowest BCUT2D eigenvalue weighted by Crippen LogP contribution is -1.89. The normalized spacial score (nSPS) is 10.7. The van der Waals surface area contributed by atoms with E-state index in [1.807, 2.05) is 6.07 Å². The number of hydrogen-bond donors (Lipinski definition) is 1. The molecule has 0 aliphatic carbocycles. The number of fused-ring (bicyclic) bond motifs is 1. The largest absolute Gasteiger partial charge is 0.399 e. The second-order valence-electron chi connectivity index (χ2n) is 4.60. The second-order valence-corrected chi connectivity index (χ2v) is 4.60. The summed E-state index contributed by atoms with van der Waals surface area (Å²) in [6.07, 6.45) is 0. The topological polar surface area (TPSA) is 26.0 Å². The molecular weight excluding hydrogens is 218 g/mol. The van der Waals surface area contributed by atoms with Crippen molar-refractivity contribution in [3.05, 3.63) is 66.2 Å². The molecule has 0 saturated carbocycles. The third-order valence-corrected chi connectivity index (χ3v) is 3.34. The van der Waals surface area contributed by atoms with E-state index < -0.39 is 0 Å². The number of nitrogens with two attached hydrogens (primary N) is 1. The molecule has 2 N–H and O–H groups in total. The van der Waals surface area contributed by atoms with Crippen molar-refractivity contribution in [1.82, 2.24) is 0 Å². The zero-order valence-electron chi connectivity index (χ0n) is 10.4. The van der Waals surface area contributed by atoms with Gasteiger partial charge in [-0.05, 0) is 46.5 Å². The van der Waals surface area contributed by atoms with Crippen LogP contribution >= 0.6 is 0 Å². The Kier molecular flexibility index (Phi) is 2.52. The minimum absolute atomic E-state index is 0.809. The van der Waals surface area contributed by atoms with Crippen LogP contribution in [0.4, 0.5) is 5.69 Å². The van der Waals surface area contributed by atoms with Gasteiger partial charge in [0.2, 0.25) is 0 Å². The van der Waals surface area contributed by atoms with Crippen molar-refractivity contribution >= 4 is 16.5 Å². The van der Waals surface area contributed by atoms with Crippen LogP contribution in [0, 0.1) is 6.92 Å². The Morgan fingerprint density at radius 1 is 0.778 bits per heavy atom. The molecule has 0 unspecified atom stereocenters. The third-order valence-electron chi connectivity index (χ3n) is 3.34. The van der Waals surface area contributed by atoms with Crippen molar-refractivity contribution in [3.8, 4) is 11.1 Å². The van der Waals surface area contributed by atoms with Crippen LogP contribution in [-0.2, 0) is 0 Å². The molecule has 3 aromatic rings. The Labute approximate surface area is 107 Å². The Balaban J connectivity index is 2.35. The lowest BCUT2D eigenvalue weighted by Gasteiger charge is -2.10. The molecule has 0 aromatic heterocycles. The van der Waals surface area contributed by atoms with Crippen LogP contribution in [0.1, 0.15) is 5.56 Å². The quantitative estimate of drug-likeness (QED) is 0.619. The molecule has 0 bridgehead atoms. The lowest BCUT2D eigenvalue weighted by molar-refractivity contribution is 1.47. The standard InChI is InChI=1S/C17H15N/c1-12-9-10-14(18)11-17(12)16-8-4-6-13-5-2-3-7-15(13)16/h2-11H,18H2,1H3. The maximum absolute atomic E-state index is 5.91. The van der Waals surface area contributed by atoms with Crippen molar-refractivity contribution < 1.29 is 0 Å². The summed E-state index contributed by atoms with van der Waals surface area (Å²) in [7, 11) is 0. The van der Waals surface area contributed by atoms with E-state index in [4.69, 9.17) is 5.73 Å². The van der Waals surface area contributed by atoms with Crippen LogP contribution < -0.4 is 5.73 Å². The van der Waals surface area contributed by atoms with Crippen molar-refractivity contribution in [1.29, 1.82) is 0 Å². The van der Waals surface area contributed by atoms with Gasteiger partial charge in [-0.3, -0.25) is 0 Å². The summed E-state index contributed by atoms with van der Waals surface area (Å²) in [4.78, 5) is 0. The number of hydrogen-bond acceptors (Lipinski definition) is 1. The van der Waals surface area contributed by atoms with Gasteiger partial charge in [-0.2, -0.15) is 0 Å². The number of rotatable bonds is 1. The zero-order chi connectivity index (χ0) is 12.5. The first kappa shape index (κ1) is 10.8. The van der Waals surface area contributed by atoms with E-state index >= 15 is 0 Å². The summed E-state index contributed by atoms with van der Waals surface area (Å²) in [6, 6.07) is 20.9. The zero-order valence-corrected chi connectivity index (χ0v) is 10.4. The molecule has 0 amide bonds. The maximum atomic E-state index is 5.91. The first-order valence-corrected chi connectivity index (χ1v) is 6.10. The monoisotopic (exact) mass is 233 g/mol. The molecular formula is C17H15N. The van der Waals surface area contributed by atoms with E-state index in [-0.39, 0.29) is 0 Å². The van der Waals surface area contributed by atoms with Gasteiger partial charge in [-0.25, -0.2) is 0 Å². The van der Waals surface area contributed by atoms with E-state index in [1.54, 1.807) is 0 Å². The first-order chi connectivity index (χ1) is 8.75. The Hall–Kier alpha value is -2.28. The number of nitrogen functional groups attached to an aromatic ring is 1. The van der Waals surface area contributed by atoms with E-state index in [9.17, 15) is 0 Å². The summed E-state index contributed by atoms with van der Waals surface area (Å²) >= 11 is 0. The molecule has 0 aliphatic heterocycles. The fourth-order valence-corrected chi connectivity index (χ4v) is 2.39. The molecule has 0 heterocycles. The summed E-state index contributed by atoms with van der Waals surface area (Å²) < 4.78 is 0. The van der Waals surface area contributed by atoms with E-state index in [0.717, 1.165) is 5.69 Å². The molecule has 0 aliphatic rings. The Bertz CT molecular complexity index is 708. The van der Waals surface area contributed by atoms with Gasteiger partial charge >= 0.3 is 0 Å². The highest BCUT2D eigenvalue weighted by Gasteiger charge is 2.06. The van der Waals surface area contributed by atoms with Crippen molar-refractivity contribution in [2.75, 3.05) is 5.73 Å². The van der Waals surface area contributed by atoms with Crippen molar-refractivity contribution in [3.63, 3.8) is 0 Å². The van der Waals surface area contributed by atoms with Gasteiger partial charge in [-0.15, -0.1) is 0 Å². The van der Waals surface area contributed by atoms with Crippen LogP contribution in [0.2, 0.25) is 0 Å². The van der Waals surface area contributed by atoms with Gasteiger partial charge in [0, 0.05) is 5.69 Å². The molecule has 18 heavy (non-hydrogen) atoms. The average Bonchev–Trinajstić information content (AvgIpc) is 2.41. The fraction of sp³-hybridized carbons (Fsp3) is 0.0588. The van der Waals surface area contributed by atoms with Crippen LogP contribution in [-0.4, -0.2) is 0 Å². The molecule has 0 radical (unpaired) electrons. The van der Waals surface area contributed by atoms with E-state index in [2.05, 4.69) is 61.5 Å². The van der Waals surface area contributed by atoms with Crippen LogP contribution in [0.3, 0.4) is 0 Å². The van der Waals surface area contributed by atoms with E-state index in [0.29, 0.717) is 0 Å². The molecule has 1 nitrogen and oxygen atoms in total.